The first-order chi connectivity index (χ1) is 16.4. The third-order valence-corrected chi connectivity index (χ3v) is 8.19. The zero-order valence-corrected chi connectivity index (χ0v) is 23.9. The van der Waals surface area contributed by atoms with Gasteiger partial charge < -0.3 is 20.1 Å². The number of rotatable bonds is 3. The SMILES string of the molecule is C/C(=C\c1csc(CO)n1)[C@@H]1C/C=C(/I)C/C=C/[C@H](C)[C@H](O)[C@@H](C)C(=O)C(C)(C)[C@@H](O)CC(=O)O1. The molecule has 35 heavy (non-hydrogen) atoms. The second-order valence-corrected chi connectivity index (χ2v) is 12.0. The standard InChI is InChI=1S/C26H36INO6S/c1-15-7-6-8-18(27)9-10-20(16(2)11-19-14-35-22(13-29)28-19)34-23(31)12-21(30)26(4,5)25(33)17(3)24(15)32/h6-7,9,11,14-15,17,20-21,24,29-30,32H,8,10,12-13H2,1-5H3/b7-6+,16-11+,18-9+/t15-,17+,20-,21-,24-/m0/s1. The average Bonchev–Trinajstić information content (AvgIpc) is 3.26. The first-order valence-corrected chi connectivity index (χ1v) is 13.7. The molecule has 0 aromatic carbocycles. The lowest BCUT2D eigenvalue weighted by Crippen LogP contribution is -2.45. The van der Waals surface area contributed by atoms with Gasteiger partial charge in [-0.25, -0.2) is 4.98 Å². The van der Waals surface area contributed by atoms with Crippen molar-refractivity contribution in [2.45, 2.75) is 78.8 Å². The van der Waals surface area contributed by atoms with Crippen molar-refractivity contribution in [3.8, 4) is 0 Å². The summed E-state index contributed by atoms with van der Waals surface area (Å²) in [4.78, 5) is 30.3. The molecule has 1 aliphatic rings. The molecule has 1 aromatic heterocycles. The monoisotopic (exact) mass is 617 g/mol. The number of allylic oxidation sites excluding steroid dienone is 2. The van der Waals surface area contributed by atoms with E-state index in [1.165, 1.54) is 11.3 Å². The van der Waals surface area contributed by atoms with E-state index in [4.69, 9.17) is 4.74 Å². The molecule has 0 spiro atoms. The van der Waals surface area contributed by atoms with Crippen LogP contribution in [0.15, 0.2) is 32.8 Å². The number of esters is 1. The van der Waals surface area contributed by atoms with Gasteiger partial charge >= 0.3 is 5.97 Å². The van der Waals surface area contributed by atoms with Crippen LogP contribution in [-0.4, -0.2) is 50.4 Å². The van der Waals surface area contributed by atoms with E-state index in [2.05, 4.69) is 27.6 Å². The molecule has 0 bridgehead atoms. The first-order valence-electron chi connectivity index (χ1n) is 11.7. The fraction of sp³-hybridized carbons (Fsp3) is 0.577. The van der Waals surface area contributed by atoms with Crippen LogP contribution < -0.4 is 0 Å². The molecule has 0 saturated carbocycles. The molecule has 0 radical (unpaired) electrons. The van der Waals surface area contributed by atoms with Crippen molar-refractivity contribution < 1.29 is 29.6 Å². The minimum absolute atomic E-state index is 0.134. The molecule has 3 N–H and O–H groups in total. The molecule has 9 heteroatoms. The summed E-state index contributed by atoms with van der Waals surface area (Å²) in [5, 5.41) is 33.2. The van der Waals surface area contributed by atoms with Crippen LogP contribution in [0, 0.1) is 17.3 Å². The number of ketones is 1. The van der Waals surface area contributed by atoms with Crippen LogP contribution in [0.4, 0.5) is 0 Å². The van der Waals surface area contributed by atoms with Crippen LogP contribution in [-0.2, 0) is 20.9 Å². The summed E-state index contributed by atoms with van der Waals surface area (Å²) in [7, 11) is 0. The summed E-state index contributed by atoms with van der Waals surface area (Å²) >= 11 is 3.58. The van der Waals surface area contributed by atoms with Gasteiger partial charge in [-0.2, -0.15) is 0 Å². The Bertz CT molecular complexity index is 982. The number of thiazole rings is 1. The number of carbonyl (C=O) groups is 2. The Kier molecular flexibility index (Phi) is 11.3. The Morgan fingerprint density at radius 3 is 2.63 bits per heavy atom. The van der Waals surface area contributed by atoms with Gasteiger partial charge in [0.15, 0.2) is 0 Å². The highest BCUT2D eigenvalue weighted by atomic mass is 127. The number of ether oxygens (including phenoxy) is 1. The van der Waals surface area contributed by atoms with E-state index >= 15 is 0 Å². The van der Waals surface area contributed by atoms with Gasteiger partial charge in [0, 0.05) is 23.6 Å². The highest BCUT2D eigenvalue weighted by Crippen LogP contribution is 2.32. The highest BCUT2D eigenvalue weighted by molar-refractivity contribution is 14.1. The number of hydrogen-bond acceptors (Lipinski definition) is 8. The van der Waals surface area contributed by atoms with E-state index in [0.29, 0.717) is 23.5 Å². The lowest BCUT2D eigenvalue weighted by molar-refractivity contribution is -0.154. The molecule has 0 saturated heterocycles. The predicted molar refractivity (Wildman–Crippen MR) is 146 cm³/mol. The second kappa shape index (κ2) is 13.2. The number of aromatic nitrogens is 1. The van der Waals surface area contributed by atoms with Gasteiger partial charge in [0.2, 0.25) is 0 Å². The average molecular weight is 618 g/mol. The van der Waals surface area contributed by atoms with Crippen LogP contribution in [0.25, 0.3) is 6.08 Å². The van der Waals surface area contributed by atoms with Crippen LogP contribution in [0.1, 0.15) is 64.6 Å². The van der Waals surface area contributed by atoms with Crippen LogP contribution in [0.3, 0.4) is 0 Å². The van der Waals surface area contributed by atoms with E-state index < -0.39 is 35.6 Å². The fourth-order valence-electron chi connectivity index (χ4n) is 3.93. The van der Waals surface area contributed by atoms with Crippen molar-refractivity contribution in [3.05, 3.63) is 43.5 Å². The van der Waals surface area contributed by atoms with Crippen molar-refractivity contribution in [1.29, 1.82) is 0 Å². The van der Waals surface area contributed by atoms with E-state index in [1.807, 2.05) is 43.5 Å². The molecule has 5 atom stereocenters. The molecule has 2 heterocycles. The zero-order chi connectivity index (χ0) is 26.3. The quantitative estimate of drug-likeness (QED) is 0.258. The Balaban J connectivity index is 2.37. The molecule has 1 aromatic rings. The number of halogens is 1. The summed E-state index contributed by atoms with van der Waals surface area (Å²) in [6, 6.07) is 0. The van der Waals surface area contributed by atoms with Crippen molar-refractivity contribution in [2.75, 3.05) is 0 Å². The van der Waals surface area contributed by atoms with Crippen molar-refractivity contribution in [2.24, 2.45) is 17.3 Å². The van der Waals surface area contributed by atoms with Gasteiger partial charge in [0.25, 0.3) is 0 Å². The maximum absolute atomic E-state index is 13.1. The minimum Gasteiger partial charge on any atom is -0.457 e. The fourth-order valence-corrected chi connectivity index (χ4v) is 5.04. The van der Waals surface area contributed by atoms with Crippen molar-refractivity contribution >= 4 is 51.8 Å². The van der Waals surface area contributed by atoms with Crippen LogP contribution in [0.2, 0.25) is 0 Å². The number of carbonyl (C=O) groups excluding carboxylic acids is 2. The lowest BCUT2D eigenvalue weighted by atomic mass is 9.73. The molecule has 0 fully saturated rings. The smallest absolute Gasteiger partial charge is 0.309 e. The van der Waals surface area contributed by atoms with E-state index in [1.54, 1.807) is 20.8 Å². The third kappa shape index (κ3) is 8.31. The highest BCUT2D eigenvalue weighted by Gasteiger charge is 2.42. The number of cyclic esters (lactones) is 1. The Hall–Kier alpha value is -1.40. The predicted octanol–water partition coefficient (Wildman–Crippen LogP) is 4.60. The maximum Gasteiger partial charge on any atom is 0.309 e. The number of aliphatic hydroxyl groups is 3. The number of nitrogens with zero attached hydrogens (tertiary/aromatic N) is 1. The Labute approximate surface area is 225 Å². The molecule has 1 aliphatic heterocycles. The van der Waals surface area contributed by atoms with Gasteiger partial charge in [0.1, 0.15) is 16.9 Å². The summed E-state index contributed by atoms with van der Waals surface area (Å²) in [6.45, 7) is 8.41. The molecule has 7 nitrogen and oxygen atoms in total. The van der Waals surface area contributed by atoms with Gasteiger partial charge in [-0.05, 0) is 51.2 Å². The lowest BCUT2D eigenvalue weighted by Gasteiger charge is -2.34. The third-order valence-electron chi connectivity index (χ3n) is 6.46. The van der Waals surface area contributed by atoms with Crippen LogP contribution in [0.5, 0.6) is 0 Å². The molecule has 2 rings (SSSR count). The Morgan fingerprint density at radius 2 is 2.00 bits per heavy atom. The second-order valence-electron chi connectivity index (χ2n) is 9.65. The largest absolute Gasteiger partial charge is 0.457 e. The molecule has 0 amide bonds. The van der Waals surface area contributed by atoms with Crippen LogP contribution >= 0.6 is 33.9 Å². The van der Waals surface area contributed by atoms with Gasteiger partial charge in [-0.15, -0.1) is 11.3 Å². The first kappa shape index (κ1) is 29.8. The molecular formula is C26H36INO6S. The normalized spacial score (nSPS) is 32.0. The maximum atomic E-state index is 13.1. The number of hydrogen-bond donors (Lipinski definition) is 3. The zero-order valence-electron chi connectivity index (χ0n) is 20.9. The number of Topliss-reactive ketones (excluding diaryl/α,β-unsaturated/α-hetero) is 1. The summed E-state index contributed by atoms with van der Waals surface area (Å²) < 4.78 is 6.81. The van der Waals surface area contributed by atoms with E-state index in [0.717, 1.165) is 9.15 Å². The molecule has 0 unspecified atom stereocenters. The van der Waals surface area contributed by atoms with Gasteiger partial charge in [-0.1, -0.05) is 45.9 Å². The van der Waals surface area contributed by atoms with Gasteiger partial charge in [-0.3, -0.25) is 9.59 Å². The summed E-state index contributed by atoms with van der Waals surface area (Å²) in [5.41, 5.74) is 0.215. The number of aliphatic hydroxyl groups excluding tert-OH is 3. The molecular weight excluding hydrogens is 581 g/mol. The summed E-state index contributed by atoms with van der Waals surface area (Å²) in [5.74, 6) is -1.87. The van der Waals surface area contributed by atoms with E-state index in [-0.39, 0.29) is 24.7 Å². The van der Waals surface area contributed by atoms with E-state index in [9.17, 15) is 24.9 Å². The molecule has 194 valence electrons. The Morgan fingerprint density at radius 1 is 1.31 bits per heavy atom. The van der Waals surface area contributed by atoms with Crippen molar-refractivity contribution in [1.82, 2.24) is 4.98 Å². The topological polar surface area (TPSA) is 117 Å². The van der Waals surface area contributed by atoms with Gasteiger partial charge in [0.05, 0.1) is 36.3 Å². The molecule has 0 aliphatic carbocycles. The van der Waals surface area contributed by atoms with Crippen molar-refractivity contribution in [3.63, 3.8) is 0 Å². The minimum atomic E-state index is -1.26. The summed E-state index contributed by atoms with van der Waals surface area (Å²) in [6.07, 6.45) is 5.69.